The maximum Gasteiger partial charge on any atom is 0.147 e. The molecule has 1 aromatic heterocycles. The van der Waals surface area contributed by atoms with Gasteiger partial charge in [0.1, 0.15) is 5.82 Å². The summed E-state index contributed by atoms with van der Waals surface area (Å²) >= 11 is 0. The fourth-order valence-corrected chi connectivity index (χ4v) is 1.44. The fourth-order valence-electron chi connectivity index (χ4n) is 1.44. The topological polar surface area (TPSA) is 55.9 Å². The minimum Gasteiger partial charge on any atom is -0.394 e. The van der Waals surface area contributed by atoms with Gasteiger partial charge in [0.15, 0.2) is 0 Å². The second kappa shape index (κ2) is 4.36. The van der Waals surface area contributed by atoms with Crippen molar-refractivity contribution in [2.24, 2.45) is 18.4 Å². The van der Waals surface area contributed by atoms with Crippen LogP contribution in [0.5, 0.6) is 0 Å². The van der Waals surface area contributed by atoms with Crippen molar-refractivity contribution >= 4 is 11.5 Å². The lowest BCUT2D eigenvalue weighted by molar-refractivity contribution is 0.274. The molecule has 0 saturated carbocycles. The number of rotatable bonds is 3. The average molecular weight is 224 g/mol. The molecule has 0 aliphatic heterocycles. The molecule has 16 heavy (non-hydrogen) atoms. The number of anilines is 2. The van der Waals surface area contributed by atoms with Gasteiger partial charge in [0, 0.05) is 13.6 Å². The van der Waals surface area contributed by atoms with Crippen molar-refractivity contribution in [3.8, 4) is 0 Å². The van der Waals surface area contributed by atoms with Gasteiger partial charge >= 0.3 is 0 Å². The molecule has 0 spiro atoms. The van der Waals surface area contributed by atoms with E-state index in [0.29, 0.717) is 11.3 Å². The van der Waals surface area contributed by atoms with Crippen LogP contribution >= 0.6 is 0 Å². The van der Waals surface area contributed by atoms with E-state index < -0.39 is 0 Å². The van der Waals surface area contributed by atoms with Gasteiger partial charge in [0.05, 0.1) is 11.4 Å². The van der Waals surface area contributed by atoms with Crippen LogP contribution in [0.1, 0.15) is 33.4 Å². The molecule has 4 nitrogen and oxygen atoms in total. The molecule has 4 heteroatoms. The van der Waals surface area contributed by atoms with Crippen LogP contribution in [0.3, 0.4) is 0 Å². The van der Waals surface area contributed by atoms with Crippen LogP contribution in [0.15, 0.2) is 0 Å². The highest BCUT2D eigenvalue weighted by molar-refractivity contribution is 5.64. The first-order chi connectivity index (χ1) is 7.23. The lowest BCUT2D eigenvalue weighted by Crippen LogP contribution is -2.25. The number of nitrogens with two attached hydrogens (primary N) is 1. The first kappa shape index (κ1) is 12.9. The van der Waals surface area contributed by atoms with Crippen molar-refractivity contribution in [2.75, 3.05) is 17.6 Å². The van der Waals surface area contributed by atoms with Crippen molar-refractivity contribution < 1.29 is 0 Å². The minimum atomic E-state index is 0.301. The first-order valence-electron chi connectivity index (χ1n) is 5.76. The molecule has 0 amide bonds. The Hall–Kier alpha value is -1.19. The Bertz CT molecular complexity index is 360. The Kier molecular flexibility index (Phi) is 3.51. The molecule has 1 atom stereocenters. The molecule has 0 aliphatic carbocycles. The predicted octanol–water partition coefficient (Wildman–Crippen LogP) is 2.40. The molecular formula is C12H24N4. The number of nitrogens with one attached hydrogen (secondary N) is 1. The van der Waals surface area contributed by atoms with Gasteiger partial charge in [-0.1, -0.05) is 27.7 Å². The highest BCUT2D eigenvalue weighted by atomic mass is 15.3. The van der Waals surface area contributed by atoms with Gasteiger partial charge in [-0.3, -0.25) is 4.68 Å². The van der Waals surface area contributed by atoms with Crippen LogP contribution in [-0.2, 0) is 7.05 Å². The molecule has 1 aromatic rings. The zero-order chi connectivity index (χ0) is 12.5. The SMILES string of the molecule is Cc1nn(C)c(NCC(C)C(C)(C)C)c1N. The molecule has 1 unspecified atom stereocenters. The molecule has 0 saturated heterocycles. The third-order valence-electron chi connectivity index (χ3n) is 3.32. The van der Waals surface area contributed by atoms with Gasteiger partial charge in [-0.25, -0.2) is 0 Å². The lowest BCUT2D eigenvalue weighted by atomic mass is 9.82. The summed E-state index contributed by atoms with van der Waals surface area (Å²) in [5.41, 5.74) is 7.89. The quantitative estimate of drug-likeness (QED) is 0.829. The summed E-state index contributed by atoms with van der Waals surface area (Å²) in [6.07, 6.45) is 0. The maximum absolute atomic E-state index is 5.95. The van der Waals surface area contributed by atoms with Gasteiger partial charge in [-0.2, -0.15) is 5.10 Å². The third kappa shape index (κ3) is 2.68. The molecule has 1 heterocycles. The van der Waals surface area contributed by atoms with E-state index in [1.807, 2.05) is 14.0 Å². The van der Waals surface area contributed by atoms with Gasteiger partial charge < -0.3 is 11.1 Å². The van der Waals surface area contributed by atoms with Crippen LogP contribution < -0.4 is 11.1 Å². The van der Waals surface area contributed by atoms with Crippen molar-refractivity contribution in [1.29, 1.82) is 0 Å². The Morgan fingerprint density at radius 2 is 2.00 bits per heavy atom. The van der Waals surface area contributed by atoms with E-state index >= 15 is 0 Å². The summed E-state index contributed by atoms with van der Waals surface area (Å²) in [4.78, 5) is 0. The van der Waals surface area contributed by atoms with Crippen molar-refractivity contribution in [3.05, 3.63) is 5.69 Å². The van der Waals surface area contributed by atoms with Crippen molar-refractivity contribution in [2.45, 2.75) is 34.6 Å². The molecule has 3 N–H and O–H groups in total. The second-order valence-electron chi connectivity index (χ2n) is 5.62. The lowest BCUT2D eigenvalue weighted by Gasteiger charge is -2.27. The molecule has 92 valence electrons. The normalized spacial score (nSPS) is 13.9. The average Bonchev–Trinajstić information content (AvgIpc) is 2.37. The maximum atomic E-state index is 5.95. The van der Waals surface area contributed by atoms with Crippen LogP contribution in [0.2, 0.25) is 0 Å². The molecule has 0 aliphatic rings. The van der Waals surface area contributed by atoms with E-state index in [-0.39, 0.29) is 0 Å². The van der Waals surface area contributed by atoms with Gasteiger partial charge in [0.25, 0.3) is 0 Å². The van der Waals surface area contributed by atoms with E-state index in [0.717, 1.165) is 23.7 Å². The van der Waals surface area contributed by atoms with Gasteiger partial charge in [-0.05, 0) is 18.3 Å². The van der Waals surface area contributed by atoms with E-state index in [4.69, 9.17) is 5.73 Å². The zero-order valence-corrected chi connectivity index (χ0v) is 11.3. The Balaban J connectivity index is 2.68. The van der Waals surface area contributed by atoms with Gasteiger partial charge in [-0.15, -0.1) is 0 Å². The number of hydrogen-bond donors (Lipinski definition) is 2. The van der Waals surface area contributed by atoms with E-state index in [9.17, 15) is 0 Å². The molecule has 1 rings (SSSR count). The number of nitrogen functional groups attached to an aromatic ring is 1. The van der Waals surface area contributed by atoms with E-state index in [1.165, 1.54) is 0 Å². The summed E-state index contributed by atoms with van der Waals surface area (Å²) in [5, 5.41) is 7.66. The largest absolute Gasteiger partial charge is 0.394 e. The number of aryl methyl sites for hydroxylation is 2. The van der Waals surface area contributed by atoms with Crippen LogP contribution in [-0.4, -0.2) is 16.3 Å². The summed E-state index contributed by atoms with van der Waals surface area (Å²) in [6.45, 7) is 11.8. The second-order valence-corrected chi connectivity index (χ2v) is 5.62. The molecule has 0 bridgehead atoms. The smallest absolute Gasteiger partial charge is 0.147 e. The molecule has 0 aromatic carbocycles. The fraction of sp³-hybridized carbons (Fsp3) is 0.750. The third-order valence-corrected chi connectivity index (χ3v) is 3.32. The first-order valence-corrected chi connectivity index (χ1v) is 5.76. The van der Waals surface area contributed by atoms with Gasteiger partial charge in [0.2, 0.25) is 0 Å². The van der Waals surface area contributed by atoms with E-state index in [2.05, 4.69) is 38.1 Å². The van der Waals surface area contributed by atoms with Crippen molar-refractivity contribution in [1.82, 2.24) is 9.78 Å². The molecule has 0 radical (unpaired) electrons. The Morgan fingerprint density at radius 1 is 1.44 bits per heavy atom. The monoisotopic (exact) mass is 224 g/mol. The van der Waals surface area contributed by atoms with Crippen molar-refractivity contribution in [3.63, 3.8) is 0 Å². The summed E-state index contributed by atoms with van der Waals surface area (Å²) in [5.74, 6) is 1.50. The summed E-state index contributed by atoms with van der Waals surface area (Å²) in [6, 6.07) is 0. The van der Waals surface area contributed by atoms with Crippen LogP contribution in [0, 0.1) is 18.3 Å². The molecular weight excluding hydrogens is 200 g/mol. The molecule has 0 fully saturated rings. The van der Waals surface area contributed by atoms with E-state index in [1.54, 1.807) is 4.68 Å². The zero-order valence-electron chi connectivity index (χ0n) is 11.3. The highest BCUT2D eigenvalue weighted by Crippen LogP contribution is 2.27. The predicted molar refractivity (Wildman–Crippen MR) is 69.5 cm³/mol. The van der Waals surface area contributed by atoms with Crippen LogP contribution in [0.25, 0.3) is 0 Å². The Morgan fingerprint density at radius 3 is 2.38 bits per heavy atom. The standard InChI is InChI=1S/C12H24N4/c1-8(12(3,4)5)7-14-11-10(13)9(2)15-16(11)6/h8,14H,7,13H2,1-6H3. The Labute approximate surface area is 98.2 Å². The van der Waals surface area contributed by atoms with Crippen LogP contribution in [0.4, 0.5) is 11.5 Å². The summed E-state index contributed by atoms with van der Waals surface area (Å²) in [7, 11) is 1.91. The number of hydrogen-bond acceptors (Lipinski definition) is 3. The summed E-state index contributed by atoms with van der Waals surface area (Å²) < 4.78 is 1.81. The number of nitrogens with zero attached hydrogens (tertiary/aromatic N) is 2. The number of aromatic nitrogens is 2. The highest BCUT2D eigenvalue weighted by Gasteiger charge is 2.20. The minimum absolute atomic E-state index is 0.301.